The van der Waals surface area contributed by atoms with Gasteiger partial charge in [0, 0.05) is 6.54 Å². The number of hydrogen-bond acceptors (Lipinski definition) is 4. The maximum absolute atomic E-state index is 9.14. The SMILES string of the molecule is CNCc1ccc(OCC(C)O)c(OC)c1. The van der Waals surface area contributed by atoms with Crippen molar-refractivity contribution in [2.75, 3.05) is 20.8 Å². The van der Waals surface area contributed by atoms with Crippen molar-refractivity contribution in [3.8, 4) is 11.5 Å². The Morgan fingerprint density at radius 2 is 2.12 bits per heavy atom. The zero-order valence-electron chi connectivity index (χ0n) is 9.99. The van der Waals surface area contributed by atoms with Gasteiger partial charge in [-0.3, -0.25) is 0 Å². The van der Waals surface area contributed by atoms with Crippen LogP contribution in [0, 0.1) is 0 Å². The molecule has 1 unspecified atom stereocenters. The number of rotatable bonds is 6. The summed E-state index contributed by atoms with van der Waals surface area (Å²) in [5.74, 6) is 1.34. The van der Waals surface area contributed by atoms with Gasteiger partial charge in [-0.2, -0.15) is 0 Å². The Bertz CT molecular complexity index is 326. The van der Waals surface area contributed by atoms with Gasteiger partial charge in [-0.1, -0.05) is 6.07 Å². The van der Waals surface area contributed by atoms with Crippen molar-refractivity contribution in [2.45, 2.75) is 19.6 Å². The normalized spacial score (nSPS) is 12.2. The molecule has 1 aromatic carbocycles. The second kappa shape index (κ2) is 6.35. The number of benzene rings is 1. The molecule has 0 amide bonds. The average molecular weight is 225 g/mol. The van der Waals surface area contributed by atoms with Gasteiger partial charge in [-0.25, -0.2) is 0 Å². The fourth-order valence-corrected chi connectivity index (χ4v) is 1.36. The molecule has 90 valence electrons. The molecule has 0 bridgehead atoms. The van der Waals surface area contributed by atoms with Crippen molar-refractivity contribution in [3.63, 3.8) is 0 Å². The van der Waals surface area contributed by atoms with E-state index in [1.54, 1.807) is 14.0 Å². The summed E-state index contributed by atoms with van der Waals surface area (Å²) in [7, 11) is 3.50. The molecule has 2 N–H and O–H groups in total. The third-order valence-electron chi connectivity index (χ3n) is 2.09. The molecule has 0 heterocycles. The molecule has 0 saturated carbocycles. The summed E-state index contributed by atoms with van der Waals surface area (Å²) in [5.41, 5.74) is 1.13. The van der Waals surface area contributed by atoms with E-state index >= 15 is 0 Å². The van der Waals surface area contributed by atoms with Crippen molar-refractivity contribution in [3.05, 3.63) is 23.8 Å². The molecule has 0 aliphatic heterocycles. The lowest BCUT2D eigenvalue weighted by Crippen LogP contribution is -2.13. The molecule has 1 aromatic rings. The van der Waals surface area contributed by atoms with Gasteiger partial charge < -0.3 is 19.9 Å². The van der Waals surface area contributed by atoms with E-state index in [9.17, 15) is 0 Å². The molecular formula is C12H19NO3. The van der Waals surface area contributed by atoms with Crippen LogP contribution in [-0.4, -0.2) is 32.0 Å². The predicted molar refractivity (Wildman–Crippen MR) is 62.9 cm³/mol. The third kappa shape index (κ3) is 3.72. The number of ether oxygens (including phenoxy) is 2. The van der Waals surface area contributed by atoms with Crippen LogP contribution < -0.4 is 14.8 Å². The Morgan fingerprint density at radius 3 is 2.69 bits per heavy atom. The van der Waals surface area contributed by atoms with E-state index < -0.39 is 6.10 Å². The molecule has 4 nitrogen and oxygen atoms in total. The molecule has 0 aliphatic carbocycles. The first-order chi connectivity index (χ1) is 7.67. The summed E-state index contributed by atoms with van der Waals surface area (Å²) in [5, 5.41) is 12.2. The Labute approximate surface area is 96.2 Å². The van der Waals surface area contributed by atoms with Gasteiger partial charge in [0.15, 0.2) is 11.5 Å². The molecule has 4 heteroatoms. The number of nitrogens with one attached hydrogen (secondary N) is 1. The smallest absolute Gasteiger partial charge is 0.161 e. The standard InChI is InChI=1S/C12H19NO3/c1-9(14)8-16-11-5-4-10(7-13-2)6-12(11)15-3/h4-6,9,13-14H,7-8H2,1-3H3. The minimum Gasteiger partial charge on any atom is -0.493 e. The van der Waals surface area contributed by atoms with E-state index in [2.05, 4.69) is 5.32 Å². The lowest BCUT2D eigenvalue weighted by Gasteiger charge is -2.13. The minimum atomic E-state index is -0.485. The first-order valence-electron chi connectivity index (χ1n) is 5.29. The lowest BCUT2D eigenvalue weighted by molar-refractivity contribution is 0.120. The Balaban J connectivity index is 2.76. The highest BCUT2D eigenvalue weighted by atomic mass is 16.5. The van der Waals surface area contributed by atoms with Crippen molar-refractivity contribution < 1.29 is 14.6 Å². The van der Waals surface area contributed by atoms with Crippen molar-refractivity contribution in [1.82, 2.24) is 5.32 Å². The number of aliphatic hydroxyl groups excluding tert-OH is 1. The summed E-state index contributed by atoms with van der Waals surface area (Å²) in [6, 6.07) is 5.75. The van der Waals surface area contributed by atoms with E-state index in [-0.39, 0.29) is 6.61 Å². The fourth-order valence-electron chi connectivity index (χ4n) is 1.36. The molecule has 1 rings (SSSR count). The summed E-state index contributed by atoms with van der Waals surface area (Å²) in [6.45, 7) is 2.73. The molecular weight excluding hydrogens is 206 g/mol. The summed E-state index contributed by atoms with van der Waals surface area (Å²) < 4.78 is 10.7. The lowest BCUT2D eigenvalue weighted by atomic mass is 10.2. The Hall–Kier alpha value is -1.26. The molecule has 0 saturated heterocycles. The van der Waals surface area contributed by atoms with Crippen molar-refractivity contribution in [2.24, 2.45) is 0 Å². The van der Waals surface area contributed by atoms with Crippen molar-refractivity contribution in [1.29, 1.82) is 0 Å². The maximum atomic E-state index is 9.14. The second-order valence-corrected chi connectivity index (χ2v) is 3.68. The van der Waals surface area contributed by atoms with Gasteiger partial charge in [0.2, 0.25) is 0 Å². The first kappa shape index (κ1) is 12.8. The molecule has 0 radical (unpaired) electrons. The highest BCUT2D eigenvalue weighted by molar-refractivity contribution is 5.42. The van der Waals surface area contributed by atoms with Gasteiger partial charge in [-0.05, 0) is 31.7 Å². The van der Waals surface area contributed by atoms with Crippen LogP contribution in [0.1, 0.15) is 12.5 Å². The van der Waals surface area contributed by atoms with Gasteiger partial charge in [-0.15, -0.1) is 0 Å². The summed E-state index contributed by atoms with van der Waals surface area (Å²) in [4.78, 5) is 0. The van der Waals surface area contributed by atoms with E-state index in [1.807, 2.05) is 25.2 Å². The molecule has 1 atom stereocenters. The molecule has 0 spiro atoms. The third-order valence-corrected chi connectivity index (χ3v) is 2.09. The van der Waals surface area contributed by atoms with Crippen LogP contribution in [0.4, 0.5) is 0 Å². The van der Waals surface area contributed by atoms with Crippen LogP contribution in [-0.2, 0) is 6.54 Å². The van der Waals surface area contributed by atoms with Gasteiger partial charge >= 0.3 is 0 Å². The maximum Gasteiger partial charge on any atom is 0.161 e. The monoisotopic (exact) mass is 225 g/mol. The van der Waals surface area contributed by atoms with E-state index in [0.29, 0.717) is 11.5 Å². The van der Waals surface area contributed by atoms with Crippen LogP contribution in [0.5, 0.6) is 11.5 Å². The van der Waals surface area contributed by atoms with Crippen LogP contribution in [0.2, 0.25) is 0 Å². The number of methoxy groups -OCH3 is 1. The first-order valence-corrected chi connectivity index (χ1v) is 5.29. The van der Waals surface area contributed by atoms with Crippen LogP contribution in [0.25, 0.3) is 0 Å². The zero-order valence-corrected chi connectivity index (χ0v) is 9.99. The summed E-state index contributed by atoms with van der Waals surface area (Å²) in [6.07, 6.45) is -0.485. The topological polar surface area (TPSA) is 50.7 Å². The predicted octanol–water partition coefficient (Wildman–Crippen LogP) is 1.17. The van der Waals surface area contributed by atoms with Gasteiger partial charge in [0.25, 0.3) is 0 Å². The second-order valence-electron chi connectivity index (χ2n) is 3.68. The van der Waals surface area contributed by atoms with Crippen LogP contribution in [0.15, 0.2) is 18.2 Å². The van der Waals surface area contributed by atoms with E-state index in [1.165, 1.54) is 0 Å². The van der Waals surface area contributed by atoms with E-state index in [4.69, 9.17) is 14.6 Å². The summed E-state index contributed by atoms with van der Waals surface area (Å²) >= 11 is 0. The molecule has 0 aromatic heterocycles. The number of hydrogen-bond donors (Lipinski definition) is 2. The highest BCUT2D eigenvalue weighted by Gasteiger charge is 2.06. The zero-order chi connectivity index (χ0) is 12.0. The van der Waals surface area contributed by atoms with Crippen LogP contribution in [0.3, 0.4) is 0 Å². The largest absolute Gasteiger partial charge is 0.493 e. The Kier molecular flexibility index (Phi) is 5.08. The quantitative estimate of drug-likeness (QED) is 0.763. The van der Waals surface area contributed by atoms with E-state index in [0.717, 1.165) is 12.1 Å². The Morgan fingerprint density at radius 1 is 1.38 bits per heavy atom. The molecule has 0 aliphatic rings. The highest BCUT2D eigenvalue weighted by Crippen LogP contribution is 2.28. The van der Waals surface area contributed by atoms with Gasteiger partial charge in [0.05, 0.1) is 13.2 Å². The fraction of sp³-hybridized carbons (Fsp3) is 0.500. The minimum absolute atomic E-state index is 0.266. The average Bonchev–Trinajstić information content (AvgIpc) is 2.27. The molecule has 16 heavy (non-hydrogen) atoms. The van der Waals surface area contributed by atoms with Gasteiger partial charge in [0.1, 0.15) is 6.61 Å². The van der Waals surface area contributed by atoms with Crippen molar-refractivity contribution >= 4 is 0 Å². The number of aliphatic hydroxyl groups is 1. The van der Waals surface area contributed by atoms with Crippen LogP contribution >= 0.6 is 0 Å². The molecule has 0 fully saturated rings.